The Bertz CT molecular complexity index is 594. The van der Waals surface area contributed by atoms with Crippen molar-refractivity contribution in [2.24, 2.45) is 5.92 Å². The molecule has 1 N–H and O–H groups in total. The maximum Gasteiger partial charge on any atom is 0.411 e. The van der Waals surface area contributed by atoms with E-state index in [4.69, 9.17) is 4.74 Å². The Balaban J connectivity index is 2.08. The minimum absolute atomic E-state index is 0.231. The van der Waals surface area contributed by atoms with Crippen molar-refractivity contribution in [3.63, 3.8) is 0 Å². The molecular weight excluding hydrogens is 374 g/mol. The molecule has 132 valence electrons. The largest absolute Gasteiger partial charge is 0.480 e. The van der Waals surface area contributed by atoms with Crippen molar-refractivity contribution in [1.29, 1.82) is 0 Å². The van der Waals surface area contributed by atoms with Crippen LogP contribution >= 0.6 is 15.9 Å². The van der Waals surface area contributed by atoms with E-state index in [9.17, 15) is 14.7 Å². The Morgan fingerprint density at radius 1 is 1.25 bits per heavy atom. The highest BCUT2D eigenvalue weighted by molar-refractivity contribution is 9.10. The predicted molar refractivity (Wildman–Crippen MR) is 94.9 cm³/mol. The Morgan fingerprint density at radius 2 is 1.88 bits per heavy atom. The maximum atomic E-state index is 12.4. The first kappa shape index (κ1) is 18.8. The van der Waals surface area contributed by atoms with Crippen LogP contribution in [0.4, 0.5) is 4.79 Å². The lowest BCUT2D eigenvalue weighted by atomic mass is 9.88. The number of amides is 1. The summed E-state index contributed by atoms with van der Waals surface area (Å²) in [6.45, 7) is 5.75. The lowest BCUT2D eigenvalue weighted by molar-refractivity contribution is -0.145. The number of aliphatic carboxylic acids is 1. The summed E-state index contributed by atoms with van der Waals surface area (Å²) < 4.78 is 6.41. The van der Waals surface area contributed by atoms with E-state index in [1.807, 2.05) is 24.3 Å². The molecule has 1 saturated heterocycles. The number of carbonyl (C=O) groups is 2. The summed E-state index contributed by atoms with van der Waals surface area (Å²) in [7, 11) is 0. The topological polar surface area (TPSA) is 66.8 Å². The van der Waals surface area contributed by atoms with Gasteiger partial charge in [0.05, 0.1) is 0 Å². The summed E-state index contributed by atoms with van der Waals surface area (Å²) in [5.74, 6) is -0.739. The van der Waals surface area contributed by atoms with Gasteiger partial charge >= 0.3 is 12.1 Å². The van der Waals surface area contributed by atoms with Gasteiger partial charge in [0.2, 0.25) is 0 Å². The Hall–Kier alpha value is -1.56. The fraction of sp³-hybridized carbons (Fsp3) is 0.556. The fourth-order valence-electron chi connectivity index (χ4n) is 2.95. The lowest BCUT2D eigenvalue weighted by Crippen LogP contribution is -2.52. The van der Waals surface area contributed by atoms with Crippen molar-refractivity contribution in [3.8, 4) is 0 Å². The van der Waals surface area contributed by atoms with Gasteiger partial charge in [0.25, 0.3) is 0 Å². The fourth-order valence-corrected chi connectivity index (χ4v) is 3.21. The second-order valence-corrected chi connectivity index (χ2v) is 8.18. The van der Waals surface area contributed by atoms with E-state index < -0.39 is 23.7 Å². The summed E-state index contributed by atoms with van der Waals surface area (Å²) in [5.41, 5.74) is 0.541. The molecule has 2 rings (SSSR count). The van der Waals surface area contributed by atoms with Gasteiger partial charge in [0.1, 0.15) is 11.6 Å². The van der Waals surface area contributed by atoms with Crippen molar-refractivity contribution >= 4 is 28.0 Å². The highest BCUT2D eigenvalue weighted by Crippen LogP contribution is 2.27. The molecule has 1 aliphatic heterocycles. The minimum Gasteiger partial charge on any atom is -0.480 e. The third-order valence-electron chi connectivity index (χ3n) is 4.03. The van der Waals surface area contributed by atoms with Crippen LogP contribution < -0.4 is 0 Å². The minimum atomic E-state index is -0.969. The van der Waals surface area contributed by atoms with Crippen molar-refractivity contribution in [2.45, 2.75) is 51.7 Å². The summed E-state index contributed by atoms with van der Waals surface area (Å²) in [6.07, 6.45) is 1.51. The number of benzene rings is 1. The Labute approximate surface area is 151 Å². The zero-order valence-corrected chi connectivity index (χ0v) is 15.9. The molecule has 0 radical (unpaired) electrons. The summed E-state index contributed by atoms with van der Waals surface area (Å²) >= 11 is 3.42. The molecular formula is C18H24BrNO4. The first-order valence-electron chi connectivity index (χ1n) is 8.12. The first-order valence-corrected chi connectivity index (χ1v) is 8.92. The highest BCUT2D eigenvalue weighted by Gasteiger charge is 2.38. The van der Waals surface area contributed by atoms with Crippen molar-refractivity contribution in [1.82, 2.24) is 4.90 Å². The second-order valence-electron chi connectivity index (χ2n) is 7.26. The second kappa shape index (κ2) is 7.55. The van der Waals surface area contributed by atoms with Gasteiger partial charge in [-0.25, -0.2) is 9.59 Å². The van der Waals surface area contributed by atoms with Gasteiger partial charge in [0, 0.05) is 11.0 Å². The molecule has 0 aliphatic carbocycles. The molecule has 1 aliphatic rings. The third kappa shape index (κ3) is 5.23. The molecule has 0 saturated carbocycles. The van der Waals surface area contributed by atoms with Crippen LogP contribution in [0.15, 0.2) is 28.7 Å². The van der Waals surface area contributed by atoms with Crippen molar-refractivity contribution < 1.29 is 19.4 Å². The summed E-state index contributed by atoms with van der Waals surface area (Å²) in [6, 6.07) is 7.27. The van der Waals surface area contributed by atoms with Gasteiger partial charge in [-0.05, 0) is 63.6 Å². The Morgan fingerprint density at radius 3 is 2.42 bits per heavy atom. The van der Waals surface area contributed by atoms with Crippen molar-refractivity contribution in [3.05, 3.63) is 34.3 Å². The average molecular weight is 398 g/mol. The molecule has 0 aromatic heterocycles. The van der Waals surface area contributed by atoms with E-state index in [1.165, 1.54) is 10.5 Å². The van der Waals surface area contributed by atoms with Crippen molar-refractivity contribution in [2.75, 3.05) is 6.54 Å². The smallest absolute Gasteiger partial charge is 0.411 e. The predicted octanol–water partition coefficient (Wildman–Crippen LogP) is 4.09. The molecule has 0 bridgehead atoms. The molecule has 5 nitrogen and oxygen atoms in total. The van der Waals surface area contributed by atoms with Crippen LogP contribution in [0.1, 0.15) is 39.2 Å². The number of piperidine rings is 1. The maximum absolute atomic E-state index is 12.4. The molecule has 1 aromatic carbocycles. The zero-order valence-electron chi connectivity index (χ0n) is 14.3. The van der Waals surface area contributed by atoms with Crippen LogP contribution in [0.5, 0.6) is 0 Å². The number of carboxylic acids is 1. The van der Waals surface area contributed by atoms with E-state index in [1.54, 1.807) is 20.8 Å². The van der Waals surface area contributed by atoms with Crippen LogP contribution in [-0.4, -0.2) is 40.3 Å². The van der Waals surface area contributed by atoms with E-state index in [0.717, 1.165) is 17.3 Å². The monoisotopic (exact) mass is 397 g/mol. The van der Waals surface area contributed by atoms with Crippen LogP contribution in [0.3, 0.4) is 0 Å². The number of carboxylic acid groups (broad SMARTS) is 1. The van der Waals surface area contributed by atoms with E-state index in [-0.39, 0.29) is 5.92 Å². The normalized spacial score (nSPS) is 21.4. The molecule has 1 amide bonds. The number of halogens is 1. The number of rotatable bonds is 3. The number of hydrogen-bond donors (Lipinski definition) is 1. The van der Waals surface area contributed by atoms with Crippen LogP contribution in [0.25, 0.3) is 0 Å². The summed E-state index contributed by atoms with van der Waals surface area (Å²) in [5, 5.41) is 9.41. The molecule has 2 unspecified atom stereocenters. The van der Waals surface area contributed by atoms with E-state index in [2.05, 4.69) is 15.9 Å². The van der Waals surface area contributed by atoms with Gasteiger partial charge in [-0.2, -0.15) is 0 Å². The van der Waals surface area contributed by atoms with Gasteiger partial charge in [-0.1, -0.05) is 28.1 Å². The SMILES string of the molecule is CC(C)(C)OC(=O)N1CC(Cc2ccc(Br)cc2)CCC1C(=O)O. The van der Waals surface area contributed by atoms with E-state index >= 15 is 0 Å². The molecule has 24 heavy (non-hydrogen) atoms. The highest BCUT2D eigenvalue weighted by atomic mass is 79.9. The van der Waals surface area contributed by atoms with Crippen LogP contribution in [0.2, 0.25) is 0 Å². The van der Waals surface area contributed by atoms with Gasteiger partial charge in [-0.15, -0.1) is 0 Å². The average Bonchev–Trinajstić information content (AvgIpc) is 2.47. The van der Waals surface area contributed by atoms with E-state index in [0.29, 0.717) is 13.0 Å². The lowest BCUT2D eigenvalue weighted by Gasteiger charge is -2.38. The number of hydrogen-bond acceptors (Lipinski definition) is 3. The molecule has 0 spiro atoms. The number of ether oxygens (including phenoxy) is 1. The third-order valence-corrected chi connectivity index (χ3v) is 4.56. The van der Waals surface area contributed by atoms with Gasteiger partial charge in [0.15, 0.2) is 0 Å². The first-order chi connectivity index (χ1) is 11.2. The molecule has 1 aromatic rings. The van der Waals surface area contributed by atoms with Gasteiger partial charge < -0.3 is 9.84 Å². The number of carbonyl (C=O) groups excluding carboxylic acids is 1. The Kier molecular flexibility index (Phi) is 5.91. The molecule has 1 fully saturated rings. The molecule has 2 atom stereocenters. The number of likely N-dealkylation sites (tertiary alicyclic amines) is 1. The van der Waals surface area contributed by atoms with Crippen LogP contribution in [-0.2, 0) is 16.0 Å². The standard InChI is InChI=1S/C18H24BrNO4/c1-18(2,3)24-17(23)20-11-13(6-9-15(20)16(21)22)10-12-4-7-14(19)8-5-12/h4-5,7-8,13,15H,6,9-11H2,1-3H3,(H,21,22). The zero-order chi connectivity index (χ0) is 17.9. The molecule has 6 heteroatoms. The number of nitrogens with zero attached hydrogens (tertiary/aromatic N) is 1. The van der Waals surface area contributed by atoms with Gasteiger partial charge in [-0.3, -0.25) is 4.90 Å². The quantitative estimate of drug-likeness (QED) is 0.833. The summed E-state index contributed by atoms with van der Waals surface area (Å²) in [4.78, 5) is 25.3. The molecule has 1 heterocycles. The van der Waals surface area contributed by atoms with Crippen LogP contribution in [0, 0.1) is 5.92 Å².